The second-order valence-electron chi connectivity index (χ2n) is 5.91. The number of nitrogens with one attached hydrogen (secondary N) is 1. The van der Waals surface area contributed by atoms with Crippen molar-refractivity contribution in [1.29, 1.82) is 0 Å². The van der Waals surface area contributed by atoms with Crippen molar-refractivity contribution in [1.82, 2.24) is 24.5 Å². The molecule has 3 heterocycles. The molecule has 2 aromatic rings. The summed E-state index contributed by atoms with van der Waals surface area (Å²) in [5.41, 5.74) is 0.819. The molecule has 0 bridgehead atoms. The topological polar surface area (TPSA) is 94.3 Å². The number of aryl methyl sites for hydroxylation is 2. The maximum atomic E-state index is 12.3. The van der Waals surface area contributed by atoms with Crippen LogP contribution in [0.3, 0.4) is 0 Å². The smallest absolute Gasteiger partial charge is 0.276 e. The van der Waals surface area contributed by atoms with Crippen molar-refractivity contribution in [3.63, 3.8) is 0 Å². The zero-order valence-electron chi connectivity index (χ0n) is 14.4. The zero-order chi connectivity index (χ0) is 17.8. The quantitative estimate of drug-likeness (QED) is 0.838. The molecule has 2 aromatic heterocycles. The number of likely N-dealkylation sites (tertiary alicyclic amines) is 1. The first-order chi connectivity index (χ1) is 12.1. The van der Waals surface area contributed by atoms with Crippen LogP contribution >= 0.6 is 0 Å². The van der Waals surface area contributed by atoms with Gasteiger partial charge in [-0.3, -0.25) is 14.3 Å². The van der Waals surface area contributed by atoms with Gasteiger partial charge < -0.3 is 15.0 Å². The predicted octanol–water partition coefficient (Wildman–Crippen LogP) is 0.890. The highest BCUT2D eigenvalue weighted by Crippen LogP contribution is 2.15. The van der Waals surface area contributed by atoms with Crippen molar-refractivity contribution in [2.75, 3.05) is 25.0 Å². The van der Waals surface area contributed by atoms with Crippen molar-refractivity contribution in [3.8, 4) is 5.88 Å². The fourth-order valence-electron chi connectivity index (χ4n) is 2.69. The van der Waals surface area contributed by atoms with Crippen LogP contribution in [0.1, 0.15) is 30.3 Å². The number of ether oxygens (including phenoxy) is 1. The van der Waals surface area contributed by atoms with E-state index in [2.05, 4.69) is 15.5 Å². The number of carbonyl (C=O) groups is 2. The number of hydrogen-bond acceptors (Lipinski definition) is 5. The third-order valence-electron chi connectivity index (χ3n) is 4.09. The van der Waals surface area contributed by atoms with Gasteiger partial charge in [0, 0.05) is 38.9 Å². The Labute approximate surface area is 145 Å². The standard InChI is InChI=1S/C16H22N6O3/c1-3-22-10-12(9-17-22)18-16(24)13-8-15(20(2)19-13)25-11-14(23)21-6-4-5-7-21/h8-10H,3-7,11H2,1-2H3,(H,18,24). The van der Waals surface area contributed by atoms with E-state index in [4.69, 9.17) is 4.74 Å². The average molecular weight is 346 g/mol. The molecule has 1 N–H and O–H groups in total. The zero-order valence-corrected chi connectivity index (χ0v) is 14.4. The third-order valence-corrected chi connectivity index (χ3v) is 4.09. The molecule has 0 aromatic carbocycles. The van der Waals surface area contributed by atoms with Gasteiger partial charge in [-0.25, -0.2) is 4.68 Å². The van der Waals surface area contributed by atoms with Crippen molar-refractivity contribution in [3.05, 3.63) is 24.2 Å². The van der Waals surface area contributed by atoms with Crippen molar-refractivity contribution < 1.29 is 14.3 Å². The normalized spacial score (nSPS) is 13.9. The Balaban J connectivity index is 1.59. The first-order valence-electron chi connectivity index (χ1n) is 8.35. The fraction of sp³-hybridized carbons (Fsp3) is 0.500. The number of rotatable bonds is 6. The Hall–Kier alpha value is -2.84. The van der Waals surface area contributed by atoms with Crippen molar-refractivity contribution in [2.24, 2.45) is 7.05 Å². The molecule has 1 aliphatic rings. The fourth-order valence-corrected chi connectivity index (χ4v) is 2.69. The molecule has 1 fully saturated rings. The van der Waals surface area contributed by atoms with Crippen LogP contribution in [0.5, 0.6) is 5.88 Å². The van der Waals surface area contributed by atoms with E-state index in [-0.39, 0.29) is 24.1 Å². The predicted molar refractivity (Wildman–Crippen MR) is 90.4 cm³/mol. The molecule has 3 rings (SSSR count). The van der Waals surface area contributed by atoms with Crippen LogP contribution in [-0.2, 0) is 18.4 Å². The summed E-state index contributed by atoms with van der Waals surface area (Å²) in [5.74, 6) is -0.0226. The number of nitrogens with zero attached hydrogens (tertiary/aromatic N) is 5. The molecule has 134 valence electrons. The molecule has 25 heavy (non-hydrogen) atoms. The first kappa shape index (κ1) is 17.0. The number of carbonyl (C=O) groups excluding carboxylic acids is 2. The minimum absolute atomic E-state index is 0.0447. The van der Waals surface area contributed by atoms with Gasteiger partial charge in [0.2, 0.25) is 5.88 Å². The molecule has 9 nitrogen and oxygen atoms in total. The van der Waals surface area contributed by atoms with Crippen LogP contribution in [-0.4, -0.2) is 56.0 Å². The lowest BCUT2D eigenvalue weighted by atomic mass is 10.4. The second kappa shape index (κ2) is 7.37. The van der Waals surface area contributed by atoms with Gasteiger partial charge in [-0.05, 0) is 19.8 Å². The summed E-state index contributed by atoms with van der Waals surface area (Å²) in [4.78, 5) is 26.1. The van der Waals surface area contributed by atoms with E-state index in [1.807, 2.05) is 6.92 Å². The van der Waals surface area contributed by atoms with Gasteiger partial charge >= 0.3 is 0 Å². The molecule has 2 amide bonds. The molecule has 1 aliphatic heterocycles. The Kier molecular flexibility index (Phi) is 5.01. The Morgan fingerprint density at radius 1 is 1.32 bits per heavy atom. The van der Waals surface area contributed by atoms with Crippen LogP contribution in [0.4, 0.5) is 5.69 Å². The van der Waals surface area contributed by atoms with E-state index in [1.165, 1.54) is 10.7 Å². The van der Waals surface area contributed by atoms with E-state index in [0.717, 1.165) is 32.5 Å². The van der Waals surface area contributed by atoms with Crippen LogP contribution in [0, 0.1) is 0 Å². The van der Waals surface area contributed by atoms with Crippen LogP contribution in [0.25, 0.3) is 0 Å². The van der Waals surface area contributed by atoms with Crippen LogP contribution < -0.4 is 10.1 Å². The Morgan fingerprint density at radius 3 is 2.76 bits per heavy atom. The number of hydrogen-bond donors (Lipinski definition) is 1. The van der Waals surface area contributed by atoms with E-state index in [9.17, 15) is 9.59 Å². The highest BCUT2D eigenvalue weighted by molar-refractivity contribution is 6.02. The van der Waals surface area contributed by atoms with Gasteiger partial charge in [0.1, 0.15) is 0 Å². The number of amides is 2. The summed E-state index contributed by atoms with van der Waals surface area (Å²) >= 11 is 0. The largest absolute Gasteiger partial charge is 0.468 e. The lowest BCUT2D eigenvalue weighted by Crippen LogP contribution is -2.32. The molecular weight excluding hydrogens is 324 g/mol. The summed E-state index contributed by atoms with van der Waals surface area (Å²) in [5, 5.41) is 11.0. The highest BCUT2D eigenvalue weighted by atomic mass is 16.5. The van der Waals surface area contributed by atoms with Crippen molar-refractivity contribution in [2.45, 2.75) is 26.3 Å². The third kappa shape index (κ3) is 3.98. The van der Waals surface area contributed by atoms with Gasteiger partial charge in [0.25, 0.3) is 11.8 Å². The van der Waals surface area contributed by atoms with Gasteiger partial charge in [-0.2, -0.15) is 10.2 Å². The molecule has 0 aliphatic carbocycles. The molecular formula is C16H22N6O3. The monoisotopic (exact) mass is 346 g/mol. The highest BCUT2D eigenvalue weighted by Gasteiger charge is 2.20. The lowest BCUT2D eigenvalue weighted by Gasteiger charge is -2.15. The summed E-state index contributed by atoms with van der Waals surface area (Å²) in [7, 11) is 1.67. The van der Waals surface area contributed by atoms with E-state index in [1.54, 1.807) is 29.0 Å². The summed E-state index contributed by atoms with van der Waals surface area (Å²) in [6.45, 7) is 4.20. The van der Waals surface area contributed by atoms with Gasteiger partial charge in [0.15, 0.2) is 12.3 Å². The molecule has 0 atom stereocenters. The van der Waals surface area contributed by atoms with E-state index < -0.39 is 0 Å². The van der Waals surface area contributed by atoms with Gasteiger partial charge in [-0.1, -0.05) is 0 Å². The lowest BCUT2D eigenvalue weighted by molar-refractivity contribution is -0.132. The number of anilines is 1. The minimum Gasteiger partial charge on any atom is -0.468 e. The molecule has 0 radical (unpaired) electrons. The molecule has 1 saturated heterocycles. The summed E-state index contributed by atoms with van der Waals surface area (Å²) in [6.07, 6.45) is 5.40. The molecule has 9 heteroatoms. The summed E-state index contributed by atoms with van der Waals surface area (Å²) in [6, 6.07) is 1.52. The van der Waals surface area contributed by atoms with Gasteiger partial charge in [-0.15, -0.1) is 0 Å². The Morgan fingerprint density at radius 2 is 2.08 bits per heavy atom. The van der Waals surface area contributed by atoms with E-state index in [0.29, 0.717) is 11.6 Å². The van der Waals surface area contributed by atoms with E-state index >= 15 is 0 Å². The SMILES string of the molecule is CCn1cc(NC(=O)c2cc(OCC(=O)N3CCCC3)n(C)n2)cn1. The minimum atomic E-state index is -0.355. The number of aromatic nitrogens is 4. The average Bonchev–Trinajstić information content (AvgIpc) is 3.33. The van der Waals surface area contributed by atoms with Gasteiger partial charge in [0.05, 0.1) is 11.9 Å². The molecule has 0 saturated carbocycles. The molecule has 0 unspecified atom stereocenters. The maximum absolute atomic E-state index is 12.3. The summed E-state index contributed by atoms with van der Waals surface area (Å²) < 4.78 is 8.69. The second-order valence-corrected chi connectivity index (χ2v) is 5.91. The molecule has 0 spiro atoms. The first-order valence-corrected chi connectivity index (χ1v) is 8.35. The maximum Gasteiger partial charge on any atom is 0.276 e. The Bertz CT molecular complexity index is 760. The van der Waals surface area contributed by atoms with Crippen LogP contribution in [0.2, 0.25) is 0 Å². The van der Waals surface area contributed by atoms with Crippen LogP contribution in [0.15, 0.2) is 18.5 Å². The van der Waals surface area contributed by atoms with Crippen molar-refractivity contribution >= 4 is 17.5 Å².